The summed E-state index contributed by atoms with van der Waals surface area (Å²) < 4.78 is 5.30. The summed E-state index contributed by atoms with van der Waals surface area (Å²) in [6.45, 7) is 0.533. The third-order valence-electron chi connectivity index (χ3n) is 4.80. The number of rotatable bonds is 4. The summed E-state index contributed by atoms with van der Waals surface area (Å²) in [6.07, 6.45) is 6.39. The highest BCUT2D eigenvalue weighted by Crippen LogP contribution is 2.31. The number of amides is 2. The molecule has 126 valence electrons. The van der Waals surface area contributed by atoms with Gasteiger partial charge >= 0.3 is 0 Å². The maximum Gasteiger partial charge on any atom is 0.231 e. The third kappa shape index (κ3) is 2.96. The van der Waals surface area contributed by atoms with E-state index in [0.717, 1.165) is 12.8 Å². The molecule has 2 aliphatic rings. The van der Waals surface area contributed by atoms with Crippen LogP contribution in [-0.2, 0) is 9.59 Å². The summed E-state index contributed by atoms with van der Waals surface area (Å²) >= 11 is 1.36. The van der Waals surface area contributed by atoms with Crippen LogP contribution in [0.25, 0.3) is 11.5 Å². The van der Waals surface area contributed by atoms with E-state index in [0.29, 0.717) is 35.6 Å². The number of anilines is 1. The van der Waals surface area contributed by atoms with Crippen LogP contribution in [0.3, 0.4) is 0 Å². The van der Waals surface area contributed by atoms with Gasteiger partial charge in [0.05, 0.1) is 12.2 Å². The van der Waals surface area contributed by atoms with E-state index in [1.807, 2.05) is 16.3 Å². The Bertz CT molecular complexity index is 734. The minimum Gasteiger partial charge on any atom is -0.463 e. The fourth-order valence-corrected chi connectivity index (χ4v) is 4.25. The lowest BCUT2D eigenvalue weighted by molar-refractivity contribution is -0.129. The first-order chi connectivity index (χ1) is 11.7. The molecule has 1 atom stereocenters. The van der Waals surface area contributed by atoms with Crippen molar-refractivity contribution in [3.63, 3.8) is 0 Å². The standard InChI is InChI=1S/C17H19N3O3S/c21-15-8-11(9-20(15)12-4-1-2-5-12)16(22)19-17-18-13(10-24-17)14-6-3-7-23-14/h3,6-7,10-12H,1-2,4-5,8-9H2,(H,18,19,22)/t11-/m0/s1. The van der Waals surface area contributed by atoms with Gasteiger partial charge in [0.15, 0.2) is 10.9 Å². The first kappa shape index (κ1) is 15.4. The third-order valence-corrected chi connectivity index (χ3v) is 5.56. The van der Waals surface area contributed by atoms with Crippen molar-refractivity contribution in [1.29, 1.82) is 0 Å². The molecule has 3 heterocycles. The number of nitrogens with zero attached hydrogens (tertiary/aromatic N) is 2. The van der Waals surface area contributed by atoms with Gasteiger partial charge in [0, 0.05) is 24.4 Å². The minimum absolute atomic E-state index is 0.109. The molecule has 0 radical (unpaired) electrons. The Hall–Kier alpha value is -2.15. The van der Waals surface area contributed by atoms with Crippen LogP contribution in [0.1, 0.15) is 32.1 Å². The van der Waals surface area contributed by atoms with Gasteiger partial charge in [-0.15, -0.1) is 11.3 Å². The van der Waals surface area contributed by atoms with Crippen molar-refractivity contribution in [3.05, 3.63) is 23.8 Å². The number of hydrogen-bond acceptors (Lipinski definition) is 5. The van der Waals surface area contributed by atoms with E-state index in [2.05, 4.69) is 10.3 Å². The topological polar surface area (TPSA) is 75.4 Å². The molecule has 2 aromatic rings. The lowest BCUT2D eigenvalue weighted by Gasteiger charge is -2.23. The second-order valence-corrected chi connectivity index (χ2v) is 7.25. The molecule has 7 heteroatoms. The van der Waals surface area contributed by atoms with E-state index in [9.17, 15) is 9.59 Å². The van der Waals surface area contributed by atoms with Crippen molar-refractivity contribution in [2.45, 2.75) is 38.1 Å². The van der Waals surface area contributed by atoms with Gasteiger partial charge in [-0.1, -0.05) is 12.8 Å². The molecule has 2 fully saturated rings. The molecule has 0 bridgehead atoms. The van der Waals surface area contributed by atoms with E-state index in [1.54, 1.807) is 12.3 Å². The van der Waals surface area contributed by atoms with Gasteiger partial charge in [0.25, 0.3) is 0 Å². The van der Waals surface area contributed by atoms with Gasteiger partial charge in [-0.25, -0.2) is 4.98 Å². The van der Waals surface area contributed by atoms with Gasteiger partial charge in [-0.05, 0) is 25.0 Å². The average molecular weight is 345 g/mol. The van der Waals surface area contributed by atoms with E-state index in [-0.39, 0.29) is 17.7 Å². The number of furan rings is 1. The number of aromatic nitrogens is 1. The molecule has 4 rings (SSSR count). The summed E-state index contributed by atoms with van der Waals surface area (Å²) in [4.78, 5) is 31.0. The van der Waals surface area contributed by atoms with E-state index >= 15 is 0 Å². The zero-order chi connectivity index (χ0) is 16.5. The Morgan fingerprint density at radius 3 is 2.96 bits per heavy atom. The molecule has 1 aliphatic heterocycles. The number of carbonyl (C=O) groups is 2. The molecule has 24 heavy (non-hydrogen) atoms. The highest BCUT2D eigenvalue weighted by Gasteiger charge is 2.38. The van der Waals surface area contributed by atoms with E-state index < -0.39 is 0 Å². The van der Waals surface area contributed by atoms with Crippen LogP contribution in [0.2, 0.25) is 0 Å². The zero-order valence-electron chi connectivity index (χ0n) is 13.2. The maximum atomic E-state index is 12.5. The molecule has 2 aromatic heterocycles. The SMILES string of the molecule is O=C(Nc1nc(-c2ccco2)cs1)[C@H]1CC(=O)N(C2CCCC2)C1. The quantitative estimate of drug-likeness (QED) is 0.924. The number of hydrogen-bond donors (Lipinski definition) is 1. The number of carbonyl (C=O) groups excluding carboxylic acids is 2. The zero-order valence-corrected chi connectivity index (χ0v) is 14.1. The second-order valence-electron chi connectivity index (χ2n) is 6.39. The number of nitrogens with one attached hydrogen (secondary N) is 1. The fraction of sp³-hybridized carbons (Fsp3) is 0.471. The molecule has 0 spiro atoms. The lowest BCUT2D eigenvalue weighted by Crippen LogP contribution is -2.35. The molecular formula is C17H19N3O3S. The fourth-order valence-electron chi connectivity index (χ4n) is 3.55. The Morgan fingerprint density at radius 2 is 2.21 bits per heavy atom. The monoisotopic (exact) mass is 345 g/mol. The maximum absolute atomic E-state index is 12.5. The van der Waals surface area contributed by atoms with Crippen LogP contribution >= 0.6 is 11.3 Å². The Labute approximate surface area is 143 Å². The summed E-state index contributed by atoms with van der Waals surface area (Å²) in [6, 6.07) is 3.96. The molecule has 1 saturated heterocycles. The Kier molecular flexibility index (Phi) is 4.10. The average Bonchev–Trinajstić information content (AvgIpc) is 3.34. The number of likely N-dealkylation sites (tertiary alicyclic amines) is 1. The summed E-state index contributed by atoms with van der Waals surface area (Å²) in [5.74, 6) is 0.380. The molecule has 1 aliphatic carbocycles. The van der Waals surface area contributed by atoms with E-state index in [1.165, 1.54) is 24.2 Å². The summed E-state index contributed by atoms with van der Waals surface area (Å²) in [7, 11) is 0. The molecular weight excluding hydrogens is 326 g/mol. The van der Waals surface area contributed by atoms with Crippen molar-refractivity contribution in [1.82, 2.24) is 9.88 Å². The van der Waals surface area contributed by atoms with Crippen LogP contribution in [0.5, 0.6) is 0 Å². The highest BCUT2D eigenvalue weighted by molar-refractivity contribution is 7.14. The minimum atomic E-state index is -0.283. The van der Waals surface area contributed by atoms with Gasteiger partial charge in [-0.2, -0.15) is 0 Å². The molecule has 2 amide bonds. The van der Waals surface area contributed by atoms with Crippen molar-refractivity contribution in [2.75, 3.05) is 11.9 Å². The van der Waals surface area contributed by atoms with Crippen LogP contribution in [0.15, 0.2) is 28.2 Å². The summed E-state index contributed by atoms with van der Waals surface area (Å²) in [5, 5.41) is 5.23. The van der Waals surface area contributed by atoms with Gasteiger partial charge in [0.1, 0.15) is 5.69 Å². The van der Waals surface area contributed by atoms with E-state index in [4.69, 9.17) is 4.42 Å². The van der Waals surface area contributed by atoms with Gasteiger partial charge in [-0.3, -0.25) is 9.59 Å². The van der Waals surface area contributed by atoms with Gasteiger partial charge in [0.2, 0.25) is 11.8 Å². The van der Waals surface area contributed by atoms with Crippen molar-refractivity contribution >= 4 is 28.3 Å². The highest BCUT2D eigenvalue weighted by atomic mass is 32.1. The smallest absolute Gasteiger partial charge is 0.231 e. The van der Waals surface area contributed by atoms with Crippen LogP contribution in [0.4, 0.5) is 5.13 Å². The molecule has 0 aromatic carbocycles. The van der Waals surface area contributed by atoms with Crippen molar-refractivity contribution in [2.24, 2.45) is 5.92 Å². The summed E-state index contributed by atoms with van der Waals surface area (Å²) in [5.41, 5.74) is 0.704. The second kappa shape index (κ2) is 6.39. The molecule has 1 N–H and O–H groups in total. The molecule has 0 unspecified atom stereocenters. The predicted octanol–water partition coefficient (Wildman–Crippen LogP) is 3.13. The Morgan fingerprint density at radius 1 is 1.38 bits per heavy atom. The van der Waals surface area contributed by atoms with Crippen molar-refractivity contribution < 1.29 is 14.0 Å². The number of thiazole rings is 1. The molecule has 6 nitrogen and oxygen atoms in total. The predicted molar refractivity (Wildman–Crippen MR) is 90.5 cm³/mol. The van der Waals surface area contributed by atoms with Crippen LogP contribution in [0, 0.1) is 5.92 Å². The largest absolute Gasteiger partial charge is 0.463 e. The lowest BCUT2D eigenvalue weighted by atomic mass is 10.1. The first-order valence-corrected chi connectivity index (χ1v) is 9.18. The van der Waals surface area contributed by atoms with Crippen LogP contribution in [-0.4, -0.2) is 34.3 Å². The van der Waals surface area contributed by atoms with Crippen LogP contribution < -0.4 is 5.32 Å². The Balaban J connectivity index is 1.39. The normalized spacial score (nSPS) is 21.6. The first-order valence-electron chi connectivity index (χ1n) is 8.30. The van der Waals surface area contributed by atoms with Crippen molar-refractivity contribution in [3.8, 4) is 11.5 Å². The van der Waals surface area contributed by atoms with Gasteiger partial charge < -0.3 is 14.6 Å². The molecule has 1 saturated carbocycles.